The van der Waals surface area contributed by atoms with E-state index in [9.17, 15) is 5.11 Å². The molecule has 0 fully saturated rings. The zero-order valence-electron chi connectivity index (χ0n) is 12.0. The van der Waals surface area contributed by atoms with Gasteiger partial charge in [-0.1, -0.05) is 18.2 Å². The van der Waals surface area contributed by atoms with Crippen molar-refractivity contribution in [2.45, 2.75) is 44.8 Å². The number of aryl methyl sites for hydroxylation is 2. The number of hydrogen-bond donors (Lipinski definition) is 2. The van der Waals surface area contributed by atoms with Crippen molar-refractivity contribution >= 4 is 0 Å². The van der Waals surface area contributed by atoms with E-state index < -0.39 is 6.10 Å². The Morgan fingerprint density at radius 1 is 1.32 bits per heavy atom. The molecule has 0 aromatic heterocycles. The van der Waals surface area contributed by atoms with Crippen molar-refractivity contribution < 1.29 is 9.84 Å². The summed E-state index contributed by atoms with van der Waals surface area (Å²) in [5.74, 6) is 0. The monoisotopic (exact) mass is 263 g/mol. The molecular formula is C16H25NO2. The van der Waals surface area contributed by atoms with Gasteiger partial charge in [0.15, 0.2) is 0 Å². The van der Waals surface area contributed by atoms with E-state index in [-0.39, 0.29) is 6.04 Å². The number of hydrogen-bond acceptors (Lipinski definition) is 3. The Balaban J connectivity index is 1.89. The Morgan fingerprint density at radius 2 is 2.11 bits per heavy atom. The average Bonchev–Trinajstić information content (AvgIpc) is 2.89. The maximum Gasteiger partial charge on any atom is 0.0940 e. The fourth-order valence-electron chi connectivity index (χ4n) is 2.72. The molecule has 2 N–H and O–H groups in total. The Bertz CT molecular complexity index is 406. The second kappa shape index (κ2) is 7.04. The van der Waals surface area contributed by atoms with E-state index >= 15 is 0 Å². The fourth-order valence-corrected chi connectivity index (χ4v) is 2.72. The highest BCUT2D eigenvalue weighted by Gasteiger charge is 2.18. The summed E-state index contributed by atoms with van der Waals surface area (Å²) in [4.78, 5) is 0. The van der Waals surface area contributed by atoms with Gasteiger partial charge in [-0.3, -0.25) is 0 Å². The van der Waals surface area contributed by atoms with Crippen LogP contribution in [0.1, 0.15) is 42.6 Å². The number of ether oxygens (including phenoxy) is 1. The van der Waals surface area contributed by atoms with Gasteiger partial charge in [0, 0.05) is 19.8 Å². The van der Waals surface area contributed by atoms with Crippen molar-refractivity contribution in [3.8, 4) is 0 Å². The molecule has 2 unspecified atom stereocenters. The first kappa shape index (κ1) is 14.5. The molecule has 1 aromatic rings. The van der Waals surface area contributed by atoms with Crippen LogP contribution in [0.5, 0.6) is 0 Å². The van der Waals surface area contributed by atoms with Crippen molar-refractivity contribution in [2.24, 2.45) is 0 Å². The van der Waals surface area contributed by atoms with Crippen LogP contribution >= 0.6 is 0 Å². The van der Waals surface area contributed by atoms with Crippen molar-refractivity contribution in [1.29, 1.82) is 0 Å². The number of benzene rings is 1. The number of aliphatic hydroxyl groups excluding tert-OH is 1. The number of fused-ring (bicyclic) bond motifs is 1. The lowest BCUT2D eigenvalue weighted by Crippen LogP contribution is -2.33. The molecule has 0 radical (unpaired) electrons. The molecule has 3 nitrogen and oxygen atoms in total. The Kier molecular flexibility index (Phi) is 5.37. The molecule has 19 heavy (non-hydrogen) atoms. The molecular weight excluding hydrogens is 238 g/mol. The van der Waals surface area contributed by atoms with Crippen LogP contribution < -0.4 is 5.32 Å². The van der Waals surface area contributed by atoms with Crippen molar-refractivity contribution in [2.75, 3.05) is 20.3 Å². The highest BCUT2D eigenvalue weighted by atomic mass is 16.5. The van der Waals surface area contributed by atoms with Gasteiger partial charge in [0.1, 0.15) is 0 Å². The number of aliphatic hydroxyl groups is 1. The van der Waals surface area contributed by atoms with Crippen LogP contribution in [0.4, 0.5) is 0 Å². The fraction of sp³-hybridized carbons (Fsp3) is 0.625. The molecule has 0 saturated carbocycles. The van der Waals surface area contributed by atoms with Gasteiger partial charge in [-0.2, -0.15) is 0 Å². The van der Waals surface area contributed by atoms with E-state index in [0.29, 0.717) is 0 Å². The van der Waals surface area contributed by atoms with Gasteiger partial charge < -0.3 is 15.2 Å². The largest absolute Gasteiger partial charge is 0.387 e. The molecule has 1 aliphatic carbocycles. The van der Waals surface area contributed by atoms with E-state index in [1.807, 2.05) is 6.92 Å². The molecule has 1 aliphatic rings. The van der Waals surface area contributed by atoms with Gasteiger partial charge in [-0.25, -0.2) is 0 Å². The van der Waals surface area contributed by atoms with Gasteiger partial charge in [0.05, 0.1) is 6.10 Å². The predicted octanol–water partition coefficient (Wildman–Crippen LogP) is 2.22. The zero-order valence-corrected chi connectivity index (χ0v) is 12.0. The summed E-state index contributed by atoms with van der Waals surface area (Å²) < 4.78 is 5.02. The number of methoxy groups -OCH3 is 1. The summed E-state index contributed by atoms with van der Waals surface area (Å²) in [5, 5.41) is 13.7. The van der Waals surface area contributed by atoms with Crippen molar-refractivity contribution in [1.82, 2.24) is 5.32 Å². The second-order valence-electron chi connectivity index (χ2n) is 5.42. The van der Waals surface area contributed by atoms with Crippen LogP contribution in [0.2, 0.25) is 0 Å². The first-order valence-electron chi connectivity index (χ1n) is 7.24. The van der Waals surface area contributed by atoms with Gasteiger partial charge in [0.2, 0.25) is 0 Å². The maximum absolute atomic E-state index is 10.4. The molecule has 0 amide bonds. The summed E-state index contributed by atoms with van der Waals surface area (Å²) in [5.41, 5.74) is 3.91. The first-order chi connectivity index (χ1) is 9.22. The minimum atomic E-state index is -0.437. The second-order valence-corrected chi connectivity index (χ2v) is 5.42. The van der Waals surface area contributed by atoms with Gasteiger partial charge in [-0.05, 0) is 55.8 Å². The Morgan fingerprint density at radius 3 is 2.89 bits per heavy atom. The SMILES string of the molecule is COCCCNC(C)C(O)c1ccc2c(c1)CCC2. The maximum atomic E-state index is 10.4. The van der Waals surface area contributed by atoms with E-state index in [2.05, 4.69) is 23.5 Å². The number of rotatable bonds is 7. The third kappa shape index (κ3) is 3.78. The van der Waals surface area contributed by atoms with Crippen molar-refractivity contribution in [3.63, 3.8) is 0 Å². The van der Waals surface area contributed by atoms with E-state index in [4.69, 9.17) is 4.74 Å². The van der Waals surface area contributed by atoms with Gasteiger partial charge in [0.25, 0.3) is 0 Å². The van der Waals surface area contributed by atoms with Crippen LogP contribution in [-0.2, 0) is 17.6 Å². The lowest BCUT2D eigenvalue weighted by Gasteiger charge is -2.21. The molecule has 0 heterocycles. The van der Waals surface area contributed by atoms with E-state index in [1.54, 1.807) is 7.11 Å². The first-order valence-corrected chi connectivity index (χ1v) is 7.24. The van der Waals surface area contributed by atoms with Crippen molar-refractivity contribution in [3.05, 3.63) is 34.9 Å². The van der Waals surface area contributed by atoms with E-state index in [1.165, 1.54) is 24.0 Å². The highest BCUT2D eigenvalue weighted by molar-refractivity contribution is 5.36. The normalized spacial score (nSPS) is 17.2. The zero-order chi connectivity index (χ0) is 13.7. The molecule has 2 atom stereocenters. The lowest BCUT2D eigenvalue weighted by atomic mass is 9.99. The van der Waals surface area contributed by atoms with Crippen LogP contribution in [-0.4, -0.2) is 31.4 Å². The minimum absolute atomic E-state index is 0.0660. The smallest absolute Gasteiger partial charge is 0.0940 e. The lowest BCUT2D eigenvalue weighted by molar-refractivity contribution is 0.132. The Labute approximate surface area is 116 Å². The Hall–Kier alpha value is -0.900. The molecule has 1 aromatic carbocycles. The van der Waals surface area contributed by atoms with Crippen LogP contribution in [0.25, 0.3) is 0 Å². The average molecular weight is 263 g/mol. The molecule has 0 spiro atoms. The molecule has 2 rings (SSSR count). The summed E-state index contributed by atoms with van der Waals surface area (Å²) in [6.07, 6.45) is 4.13. The standard InChI is InChI=1S/C16H25NO2/c1-12(17-9-4-10-19-2)16(18)15-8-7-13-5-3-6-14(13)11-15/h7-8,11-12,16-18H,3-6,9-10H2,1-2H3. The highest BCUT2D eigenvalue weighted by Crippen LogP contribution is 2.26. The number of nitrogens with one attached hydrogen (secondary N) is 1. The molecule has 3 heteroatoms. The molecule has 106 valence electrons. The van der Waals surface area contributed by atoms with Gasteiger partial charge in [-0.15, -0.1) is 0 Å². The topological polar surface area (TPSA) is 41.5 Å². The molecule has 0 aliphatic heterocycles. The third-order valence-electron chi connectivity index (χ3n) is 3.93. The van der Waals surface area contributed by atoms with Crippen LogP contribution in [0, 0.1) is 0 Å². The summed E-state index contributed by atoms with van der Waals surface area (Å²) >= 11 is 0. The minimum Gasteiger partial charge on any atom is -0.387 e. The summed E-state index contributed by atoms with van der Waals surface area (Å²) in [6, 6.07) is 6.50. The third-order valence-corrected chi connectivity index (χ3v) is 3.93. The summed E-state index contributed by atoms with van der Waals surface area (Å²) in [7, 11) is 1.71. The van der Waals surface area contributed by atoms with Gasteiger partial charge >= 0.3 is 0 Å². The predicted molar refractivity (Wildman–Crippen MR) is 77.4 cm³/mol. The molecule has 0 bridgehead atoms. The van der Waals surface area contributed by atoms with Crippen LogP contribution in [0.3, 0.4) is 0 Å². The molecule has 0 saturated heterocycles. The van der Waals surface area contributed by atoms with E-state index in [0.717, 1.165) is 31.6 Å². The van der Waals surface area contributed by atoms with Crippen LogP contribution in [0.15, 0.2) is 18.2 Å². The quantitative estimate of drug-likeness (QED) is 0.741. The summed E-state index contributed by atoms with van der Waals surface area (Å²) in [6.45, 7) is 3.66.